The zero-order chi connectivity index (χ0) is 19.4. The molecule has 0 aliphatic rings. The molecule has 0 radical (unpaired) electrons. The van der Waals surface area contributed by atoms with Crippen LogP contribution < -0.4 is 10.1 Å². The second-order valence-corrected chi connectivity index (χ2v) is 6.17. The molecule has 4 N–H and O–H groups in total. The van der Waals surface area contributed by atoms with E-state index in [-0.39, 0.29) is 27.6 Å². The fourth-order valence-corrected chi connectivity index (χ4v) is 3.02. The fraction of sp³-hybridized carbons (Fsp3) is 0.0625. The van der Waals surface area contributed by atoms with Gasteiger partial charge in [0, 0.05) is 11.0 Å². The molecule has 0 atom stereocenters. The molecule has 1 aromatic heterocycles. The quantitative estimate of drug-likeness (QED) is 0.367. The molecule has 27 heavy (non-hydrogen) atoms. The van der Waals surface area contributed by atoms with Crippen molar-refractivity contribution in [3.8, 4) is 5.75 Å². The lowest BCUT2D eigenvalue weighted by Gasteiger charge is -2.09. The molecule has 3 aromatic rings. The topological polar surface area (TPSA) is 154 Å². The summed E-state index contributed by atoms with van der Waals surface area (Å²) in [6, 6.07) is 8.37. The Morgan fingerprint density at radius 1 is 1.04 bits per heavy atom. The Bertz CT molecular complexity index is 1030. The van der Waals surface area contributed by atoms with Gasteiger partial charge in [-0.15, -0.1) is 11.8 Å². The van der Waals surface area contributed by atoms with E-state index < -0.39 is 18.0 Å². The minimum absolute atomic E-state index is 0.0195. The third kappa shape index (κ3) is 4.33. The average molecular weight is 388 g/mol. The van der Waals surface area contributed by atoms with E-state index in [2.05, 4.69) is 20.7 Å². The Morgan fingerprint density at radius 3 is 2.56 bits per heavy atom. The van der Waals surface area contributed by atoms with Gasteiger partial charge in [0.1, 0.15) is 16.8 Å². The molecule has 1 heterocycles. The van der Waals surface area contributed by atoms with Crippen LogP contribution in [0.4, 0.5) is 4.79 Å². The number of benzene rings is 2. The fourth-order valence-electron chi connectivity index (χ4n) is 2.15. The van der Waals surface area contributed by atoms with E-state index in [1.165, 1.54) is 24.3 Å². The molecule has 3 rings (SSSR count). The van der Waals surface area contributed by atoms with Crippen LogP contribution in [0, 0.1) is 0 Å². The van der Waals surface area contributed by atoms with Gasteiger partial charge in [-0.1, -0.05) is 0 Å². The zero-order valence-corrected chi connectivity index (χ0v) is 14.3. The summed E-state index contributed by atoms with van der Waals surface area (Å²) >= 11 is 0.966. The number of aromatic nitrogens is 3. The van der Waals surface area contributed by atoms with Gasteiger partial charge in [-0.25, -0.2) is 14.4 Å². The third-order valence-electron chi connectivity index (χ3n) is 3.40. The Balaban J connectivity index is 1.61. The van der Waals surface area contributed by atoms with Gasteiger partial charge in [-0.05, 0) is 30.3 Å². The molecular formula is C16H12N4O6S. The van der Waals surface area contributed by atoms with Crippen LogP contribution in [0.15, 0.2) is 41.3 Å². The minimum atomic E-state index is -1.20. The van der Waals surface area contributed by atoms with E-state index in [9.17, 15) is 19.5 Å². The van der Waals surface area contributed by atoms with Crippen LogP contribution in [0.25, 0.3) is 11.0 Å². The predicted octanol–water partition coefficient (Wildman–Crippen LogP) is 2.19. The Hall–Kier alpha value is -3.60. The largest absolute Gasteiger partial charge is 0.478 e. The monoisotopic (exact) mass is 388 g/mol. The molecule has 0 bridgehead atoms. The first kappa shape index (κ1) is 18.2. The third-order valence-corrected chi connectivity index (χ3v) is 4.34. The summed E-state index contributed by atoms with van der Waals surface area (Å²) < 4.78 is 5.11. The number of nitrogens with zero attached hydrogens (tertiary/aromatic N) is 2. The first-order valence-electron chi connectivity index (χ1n) is 7.43. The lowest BCUT2D eigenvalue weighted by atomic mass is 10.1. The SMILES string of the molecule is O=C(NCSc1cc(C(=O)O)ccc1C(=O)O)Oc1ccc2n[nH]nc2c1. The van der Waals surface area contributed by atoms with Crippen molar-refractivity contribution in [2.45, 2.75) is 4.90 Å². The zero-order valence-electron chi connectivity index (χ0n) is 13.5. The van der Waals surface area contributed by atoms with Gasteiger partial charge in [0.25, 0.3) is 0 Å². The van der Waals surface area contributed by atoms with Gasteiger partial charge in [0.2, 0.25) is 0 Å². The number of aromatic amines is 1. The summed E-state index contributed by atoms with van der Waals surface area (Å²) in [4.78, 5) is 34.4. The van der Waals surface area contributed by atoms with Crippen molar-refractivity contribution in [2.75, 3.05) is 5.88 Å². The van der Waals surface area contributed by atoms with Gasteiger partial charge in [0.15, 0.2) is 0 Å². The van der Waals surface area contributed by atoms with E-state index >= 15 is 0 Å². The van der Waals surface area contributed by atoms with Crippen molar-refractivity contribution in [2.24, 2.45) is 0 Å². The van der Waals surface area contributed by atoms with Crippen LogP contribution in [0.2, 0.25) is 0 Å². The number of hydrogen-bond donors (Lipinski definition) is 4. The number of nitrogens with one attached hydrogen (secondary N) is 2. The van der Waals surface area contributed by atoms with E-state index in [0.29, 0.717) is 11.0 Å². The number of hydrogen-bond acceptors (Lipinski definition) is 7. The maximum absolute atomic E-state index is 11.9. The van der Waals surface area contributed by atoms with Crippen LogP contribution in [-0.2, 0) is 0 Å². The van der Waals surface area contributed by atoms with Crippen molar-refractivity contribution >= 4 is 40.8 Å². The maximum atomic E-state index is 11.9. The first-order chi connectivity index (χ1) is 12.9. The number of fused-ring (bicyclic) bond motifs is 1. The standard InChI is InChI=1S/C16H12N4O6S/c21-14(22)8-1-3-10(15(23)24)13(5-8)27-7-17-16(25)26-9-2-4-11-12(6-9)19-20-18-11/h1-6H,7H2,(H,17,25)(H,21,22)(H,23,24)(H,18,19,20). The van der Waals surface area contributed by atoms with Crippen molar-refractivity contribution in [1.82, 2.24) is 20.7 Å². The number of carbonyl (C=O) groups is 3. The Kier molecular flexibility index (Phi) is 5.22. The number of carboxylic acid groups (broad SMARTS) is 2. The maximum Gasteiger partial charge on any atom is 0.413 e. The van der Waals surface area contributed by atoms with Crippen LogP contribution >= 0.6 is 11.8 Å². The smallest absolute Gasteiger partial charge is 0.413 e. The van der Waals surface area contributed by atoms with Crippen LogP contribution in [0.1, 0.15) is 20.7 Å². The molecule has 0 unspecified atom stereocenters. The molecule has 0 aliphatic carbocycles. The Morgan fingerprint density at radius 2 is 1.81 bits per heavy atom. The number of amides is 1. The van der Waals surface area contributed by atoms with Gasteiger partial charge in [-0.2, -0.15) is 15.4 Å². The number of carbonyl (C=O) groups excluding carboxylic acids is 1. The number of H-pyrrole nitrogens is 1. The summed E-state index contributed by atoms with van der Waals surface area (Å²) in [5, 5.41) is 30.9. The molecule has 0 saturated heterocycles. The van der Waals surface area contributed by atoms with E-state index in [1.807, 2.05) is 0 Å². The Labute approximate surface area is 155 Å². The number of ether oxygens (including phenoxy) is 1. The van der Waals surface area contributed by atoms with E-state index in [4.69, 9.17) is 9.84 Å². The van der Waals surface area contributed by atoms with Gasteiger partial charge in [-0.3, -0.25) is 0 Å². The van der Waals surface area contributed by atoms with E-state index in [1.54, 1.807) is 12.1 Å². The van der Waals surface area contributed by atoms with Crippen LogP contribution in [0.3, 0.4) is 0 Å². The predicted molar refractivity (Wildman–Crippen MR) is 94.1 cm³/mol. The first-order valence-corrected chi connectivity index (χ1v) is 8.42. The van der Waals surface area contributed by atoms with Crippen molar-refractivity contribution in [3.05, 3.63) is 47.5 Å². The van der Waals surface area contributed by atoms with Crippen LogP contribution in [-0.4, -0.2) is 49.5 Å². The summed E-state index contributed by atoms with van der Waals surface area (Å²) in [7, 11) is 0. The highest BCUT2D eigenvalue weighted by Crippen LogP contribution is 2.24. The van der Waals surface area contributed by atoms with Gasteiger partial charge < -0.3 is 20.3 Å². The normalized spacial score (nSPS) is 10.5. The molecule has 0 spiro atoms. The lowest BCUT2D eigenvalue weighted by Crippen LogP contribution is -2.26. The van der Waals surface area contributed by atoms with Crippen molar-refractivity contribution in [3.63, 3.8) is 0 Å². The molecule has 10 nitrogen and oxygen atoms in total. The van der Waals surface area contributed by atoms with Gasteiger partial charge in [0.05, 0.1) is 17.0 Å². The number of rotatable bonds is 6. The lowest BCUT2D eigenvalue weighted by molar-refractivity contribution is 0.0678. The molecule has 0 fully saturated rings. The molecular weight excluding hydrogens is 376 g/mol. The number of aromatic carboxylic acids is 2. The number of thioether (sulfide) groups is 1. The molecule has 0 aliphatic heterocycles. The van der Waals surface area contributed by atoms with Crippen molar-refractivity contribution in [1.29, 1.82) is 0 Å². The van der Waals surface area contributed by atoms with Crippen LogP contribution in [0.5, 0.6) is 5.75 Å². The highest BCUT2D eigenvalue weighted by atomic mass is 32.2. The molecule has 0 saturated carbocycles. The molecule has 138 valence electrons. The molecule has 2 aromatic carbocycles. The second kappa shape index (κ2) is 7.74. The minimum Gasteiger partial charge on any atom is -0.478 e. The highest BCUT2D eigenvalue weighted by Gasteiger charge is 2.14. The van der Waals surface area contributed by atoms with Crippen molar-refractivity contribution < 1.29 is 29.3 Å². The van der Waals surface area contributed by atoms with Gasteiger partial charge >= 0.3 is 18.0 Å². The summed E-state index contributed by atoms with van der Waals surface area (Å²) in [5.41, 5.74) is 1.05. The number of carboxylic acids is 2. The molecule has 11 heteroatoms. The molecule has 1 amide bonds. The van der Waals surface area contributed by atoms with E-state index in [0.717, 1.165) is 11.8 Å². The average Bonchev–Trinajstić information content (AvgIpc) is 3.09. The summed E-state index contributed by atoms with van der Waals surface area (Å²) in [5.74, 6) is -2.13. The summed E-state index contributed by atoms with van der Waals surface area (Å²) in [6.07, 6.45) is -0.753. The summed E-state index contributed by atoms with van der Waals surface area (Å²) in [6.45, 7) is 0. The highest BCUT2D eigenvalue weighted by molar-refractivity contribution is 7.99. The second-order valence-electron chi connectivity index (χ2n) is 5.15.